The van der Waals surface area contributed by atoms with Gasteiger partial charge in [-0.25, -0.2) is 0 Å². The predicted molar refractivity (Wildman–Crippen MR) is 134 cm³/mol. The van der Waals surface area contributed by atoms with Crippen LogP contribution in [-0.4, -0.2) is 34.0 Å². The Kier molecular flexibility index (Phi) is 5.36. The van der Waals surface area contributed by atoms with Crippen molar-refractivity contribution in [2.75, 3.05) is 6.61 Å². The van der Waals surface area contributed by atoms with E-state index in [2.05, 4.69) is 47.6 Å². The van der Waals surface area contributed by atoms with Gasteiger partial charge in [0.25, 0.3) is 0 Å². The van der Waals surface area contributed by atoms with Crippen LogP contribution < -0.4 is 0 Å². The molecule has 8 atom stereocenters. The number of fused-ring (bicyclic) bond motifs is 7. The molecule has 4 unspecified atom stereocenters. The van der Waals surface area contributed by atoms with Crippen LogP contribution in [0.3, 0.4) is 0 Å². The van der Waals surface area contributed by atoms with Crippen molar-refractivity contribution in [3.05, 3.63) is 11.6 Å². The summed E-state index contributed by atoms with van der Waals surface area (Å²) in [4.78, 5) is 12.8. The summed E-state index contributed by atoms with van der Waals surface area (Å²) in [5, 5.41) is 32.6. The van der Waals surface area contributed by atoms with Crippen LogP contribution in [0.2, 0.25) is 0 Å². The van der Waals surface area contributed by atoms with Crippen LogP contribution in [0.5, 0.6) is 0 Å². The van der Waals surface area contributed by atoms with Crippen molar-refractivity contribution in [1.29, 1.82) is 0 Å². The quantitative estimate of drug-likeness (QED) is 0.418. The lowest BCUT2D eigenvalue weighted by molar-refractivity contribution is -0.214. The molecule has 4 nitrogen and oxygen atoms in total. The van der Waals surface area contributed by atoms with E-state index in [4.69, 9.17) is 0 Å². The Bertz CT molecular complexity index is 903. The fraction of sp³-hybridized carbons (Fsp3) is 0.900. The fourth-order valence-electron chi connectivity index (χ4n) is 10.8. The minimum absolute atomic E-state index is 0.0302. The normalized spacial score (nSPS) is 51.2. The van der Waals surface area contributed by atoms with Crippen molar-refractivity contribution in [2.45, 2.75) is 112 Å². The molecular formula is C30H48O4. The number of hydrogen-bond acceptors (Lipinski definition) is 3. The summed E-state index contributed by atoms with van der Waals surface area (Å²) in [6, 6.07) is 0. The van der Waals surface area contributed by atoms with E-state index < -0.39 is 11.4 Å². The molecule has 0 radical (unpaired) electrons. The van der Waals surface area contributed by atoms with Gasteiger partial charge < -0.3 is 15.3 Å². The van der Waals surface area contributed by atoms with Crippen molar-refractivity contribution >= 4 is 5.97 Å². The van der Waals surface area contributed by atoms with Gasteiger partial charge in [0.05, 0.1) is 18.1 Å². The number of carboxylic acids is 1. The highest BCUT2D eigenvalue weighted by Gasteiger charge is 2.70. The van der Waals surface area contributed by atoms with Crippen LogP contribution in [0.15, 0.2) is 11.6 Å². The molecule has 5 rings (SSSR count). The molecule has 0 amide bonds. The third kappa shape index (κ3) is 2.88. The molecule has 0 heterocycles. The summed E-state index contributed by atoms with van der Waals surface area (Å²) in [7, 11) is 0. The third-order valence-electron chi connectivity index (χ3n) is 13.0. The topological polar surface area (TPSA) is 77.8 Å². The first kappa shape index (κ1) is 24.8. The second-order valence-corrected chi connectivity index (χ2v) is 15.0. The molecule has 0 aliphatic heterocycles. The number of aliphatic hydroxyl groups is 2. The Hall–Kier alpha value is -0.870. The Labute approximate surface area is 206 Å². The lowest BCUT2D eigenvalue weighted by Gasteiger charge is -2.71. The summed E-state index contributed by atoms with van der Waals surface area (Å²) in [5.74, 6) is 0.340. The van der Waals surface area contributed by atoms with E-state index in [1.54, 1.807) is 0 Å². The van der Waals surface area contributed by atoms with E-state index in [0.29, 0.717) is 18.3 Å². The third-order valence-corrected chi connectivity index (χ3v) is 13.0. The standard InChI is InChI=1S/C30H48O4/c1-25(2)13-14-29(24(33)34)15-16-30(18-31)19(20(29)17-25)7-8-22-27(5)11-10-23(32)26(3,4)21(27)9-12-28(22,30)6/h7,20-23,31-32H,8-18H2,1-6H3,(H,33,34)/t20?,21?,22?,23?,27-,28+,29-,30-/m0/s1. The van der Waals surface area contributed by atoms with E-state index in [0.717, 1.165) is 57.8 Å². The summed E-state index contributed by atoms with van der Waals surface area (Å²) < 4.78 is 0. The molecule has 0 aromatic carbocycles. The SMILES string of the molecule is CC1(C)CC[C@]2(C(=O)O)CC[C@]3(CO)C(=CCC4[C@@]5(C)CCC(O)C(C)(C)C5CC[C@]43C)C2C1. The zero-order valence-corrected chi connectivity index (χ0v) is 22.4. The highest BCUT2D eigenvalue weighted by molar-refractivity contribution is 5.76. The van der Waals surface area contributed by atoms with Gasteiger partial charge in [-0.3, -0.25) is 4.79 Å². The first-order valence-electron chi connectivity index (χ1n) is 13.9. The second kappa shape index (κ2) is 7.34. The Morgan fingerprint density at radius 1 is 0.941 bits per heavy atom. The summed E-state index contributed by atoms with van der Waals surface area (Å²) in [6.45, 7) is 14.2. The molecule has 0 aromatic rings. The number of allylic oxidation sites excluding steroid dienone is 1. The molecule has 3 N–H and O–H groups in total. The molecule has 0 spiro atoms. The molecule has 5 aliphatic carbocycles. The van der Waals surface area contributed by atoms with Crippen LogP contribution in [0.1, 0.15) is 106 Å². The monoisotopic (exact) mass is 472 g/mol. The van der Waals surface area contributed by atoms with Gasteiger partial charge in [-0.2, -0.15) is 0 Å². The van der Waals surface area contributed by atoms with Gasteiger partial charge in [0.2, 0.25) is 0 Å². The van der Waals surface area contributed by atoms with Gasteiger partial charge in [-0.05, 0) is 104 Å². The van der Waals surface area contributed by atoms with Gasteiger partial charge in [-0.15, -0.1) is 0 Å². The zero-order chi connectivity index (χ0) is 24.9. The van der Waals surface area contributed by atoms with E-state index in [-0.39, 0.29) is 45.7 Å². The minimum atomic E-state index is -0.665. The van der Waals surface area contributed by atoms with Gasteiger partial charge in [0.15, 0.2) is 0 Å². The van der Waals surface area contributed by atoms with Gasteiger partial charge in [-0.1, -0.05) is 53.2 Å². The molecular weight excluding hydrogens is 424 g/mol. The lowest BCUT2D eigenvalue weighted by atomic mass is 9.33. The maximum atomic E-state index is 12.8. The van der Waals surface area contributed by atoms with Crippen molar-refractivity contribution in [3.8, 4) is 0 Å². The first-order chi connectivity index (χ1) is 15.7. The smallest absolute Gasteiger partial charge is 0.310 e. The minimum Gasteiger partial charge on any atom is -0.481 e. The van der Waals surface area contributed by atoms with Gasteiger partial charge >= 0.3 is 5.97 Å². The van der Waals surface area contributed by atoms with Crippen molar-refractivity contribution in [2.24, 2.45) is 50.2 Å². The maximum absolute atomic E-state index is 12.8. The van der Waals surface area contributed by atoms with E-state index in [1.165, 1.54) is 5.57 Å². The first-order valence-corrected chi connectivity index (χ1v) is 13.9. The molecule has 34 heavy (non-hydrogen) atoms. The number of carboxylic acid groups (broad SMARTS) is 1. The van der Waals surface area contributed by atoms with Crippen LogP contribution >= 0.6 is 0 Å². The van der Waals surface area contributed by atoms with Gasteiger partial charge in [0.1, 0.15) is 0 Å². The van der Waals surface area contributed by atoms with Crippen molar-refractivity contribution in [3.63, 3.8) is 0 Å². The Morgan fingerprint density at radius 2 is 1.62 bits per heavy atom. The molecule has 0 aromatic heterocycles. The molecule has 4 heteroatoms. The van der Waals surface area contributed by atoms with Gasteiger partial charge in [0, 0.05) is 5.41 Å². The highest BCUT2D eigenvalue weighted by Crippen LogP contribution is 2.75. The van der Waals surface area contributed by atoms with Crippen molar-refractivity contribution < 1.29 is 20.1 Å². The number of aliphatic hydroxyl groups excluding tert-OH is 2. The maximum Gasteiger partial charge on any atom is 0.310 e. The average Bonchev–Trinajstić information content (AvgIpc) is 2.75. The van der Waals surface area contributed by atoms with Crippen LogP contribution in [0, 0.1) is 50.2 Å². The van der Waals surface area contributed by atoms with E-state index in [9.17, 15) is 20.1 Å². The highest BCUT2D eigenvalue weighted by atomic mass is 16.4. The summed E-state index contributed by atoms with van der Waals surface area (Å²) >= 11 is 0. The molecule has 0 saturated heterocycles. The molecule has 4 fully saturated rings. The van der Waals surface area contributed by atoms with Crippen LogP contribution in [0.25, 0.3) is 0 Å². The number of aliphatic carboxylic acids is 1. The number of carbonyl (C=O) groups is 1. The van der Waals surface area contributed by atoms with E-state index >= 15 is 0 Å². The summed E-state index contributed by atoms with van der Waals surface area (Å²) in [5.41, 5.74) is 0.446. The zero-order valence-electron chi connectivity index (χ0n) is 22.4. The largest absolute Gasteiger partial charge is 0.481 e. The Balaban J connectivity index is 1.63. The molecule has 192 valence electrons. The summed E-state index contributed by atoms with van der Waals surface area (Å²) in [6.07, 6.45) is 11.3. The molecule has 0 bridgehead atoms. The fourth-order valence-corrected chi connectivity index (χ4v) is 10.8. The predicted octanol–water partition coefficient (Wildman–Crippen LogP) is 6.21. The van der Waals surface area contributed by atoms with Crippen LogP contribution in [0.4, 0.5) is 0 Å². The van der Waals surface area contributed by atoms with E-state index in [1.807, 2.05) is 0 Å². The van der Waals surface area contributed by atoms with Crippen LogP contribution in [-0.2, 0) is 4.79 Å². The number of hydrogen-bond donors (Lipinski definition) is 3. The Morgan fingerprint density at radius 3 is 2.26 bits per heavy atom. The van der Waals surface area contributed by atoms with Crippen molar-refractivity contribution in [1.82, 2.24) is 0 Å². The average molecular weight is 473 g/mol. The number of rotatable bonds is 2. The second-order valence-electron chi connectivity index (χ2n) is 15.0. The lowest BCUT2D eigenvalue weighted by Crippen LogP contribution is -2.66. The molecule has 5 aliphatic rings. The molecule has 4 saturated carbocycles.